The summed E-state index contributed by atoms with van der Waals surface area (Å²) in [6.07, 6.45) is 3.01. The highest BCUT2D eigenvalue weighted by Gasteiger charge is 2.42. The lowest BCUT2D eigenvalue weighted by molar-refractivity contribution is -0.0448. The minimum absolute atomic E-state index is 0.0434. The van der Waals surface area contributed by atoms with Crippen LogP contribution in [0, 0.1) is 5.82 Å². The summed E-state index contributed by atoms with van der Waals surface area (Å²) >= 11 is 5.78. The molecule has 0 aliphatic carbocycles. The Kier molecular flexibility index (Phi) is 5.76. The average Bonchev–Trinajstić information content (AvgIpc) is 3.09. The highest BCUT2D eigenvalue weighted by atomic mass is 35.5. The molecule has 150 valence electrons. The number of nitrogens with one attached hydrogen (secondary N) is 1. The zero-order valence-corrected chi connectivity index (χ0v) is 16.8. The van der Waals surface area contributed by atoms with Crippen LogP contribution in [-0.2, 0) is 11.3 Å². The van der Waals surface area contributed by atoms with Gasteiger partial charge in [0.25, 0.3) is 0 Å². The number of methoxy groups -OCH3 is 1. The van der Waals surface area contributed by atoms with Gasteiger partial charge in [0.05, 0.1) is 30.4 Å². The Morgan fingerprint density at radius 2 is 2.07 bits per heavy atom. The summed E-state index contributed by atoms with van der Waals surface area (Å²) in [5.74, 6) is 0.504. The van der Waals surface area contributed by atoms with Crippen LogP contribution in [0.2, 0.25) is 5.02 Å². The third-order valence-corrected chi connectivity index (χ3v) is 6.11. The molecule has 0 radical (unpaired) electrons. The molecule has 0 amide bonds. The third kappa shape index (κ3) is 4.43. The van der Waals surface area contributed by atoms with Crippen LogP contribution in [0.3, 0.4) is 0 Å². The van der Waals surface area contributed by atoms with Crippen molar-refractivity contribution < 1.29 is 13.9 Å². The highest BCUT2D eigenvalue weighted by molar-refractivity contribution is 6.30. The van der Waals surface area contributed by atoms with E-state index in [1.54, 1.807) is 13.2 Å². The number of hydrogen-bond acceptors (Lipinski definition) is 4. The quantitative estimate of drug-likeness (QED) is 0.781. The SMILES string of the molecule is COc1cccc(N[C@H]2COC3(CCN(Cc4ccc(Cl)c(F)c4)CC3)C2)c1. The van der Waals surface area contributed by atoms with Gasteiger partial charge in [0.2, 0.25) is 0 Å². The molecule has 6 heteroatoms. The van der Waals surface area contributed by atoms with Gasteiger partial charge in [-0.3, -0.25) is 4.90 Å². The lowest BCUT2D eigenvalue weighted by Gasteiger charge is -2.38. The van der Waals surface area contributed by atoms with E-state index in [2.05, 4.69) is 16.3 Å². The van der Waals surface area contributed by atoms with Crippen molar-refractivity contribution >= 4 is 17.3 Å². The monoisotopic (exact) mass is 404 g/mol. The molecule has 0 bridgehead atoms. The molecule has 4 rings (SSSR count). The minimum Gasteiger partial charge on any atom is -0.497 e. The molecule has 0 saturated carbocycles. The molecule has 2 aromatic rings. The summed E-state index contributed by atoms with van der Waals surface area (Å²) in [5, 5.41) is 3.75. The van der Waals surface area contributed by atoms with Crippen LogP contribution in [0.15, 0.2) is 42.5 Å². The first kappa shape index (κ1) is 19.5. The Hall–Kier alpha value is -1.82. The smallest absolute Gasteiger partial charge is 0.142 e. The van der Waals surface area contributed by atoms with Gasteiger partial charge >= 0.3 is 0 Å². The number of anilines is 1. The average molecular weight is 405 g/mol. The number of benzene rings is 2. The largest absolute Gasteiger partial charge is 0.497 e. The van der Waals surface area contributed by atoms with E-state index in [0.717, 1.165) is 62.5 Å². The van der Waals surface area contributed by atoms with E-state index in [1.165, 1.54) is 6.07 Å². The second-order valence-corrected chi connectivity index (χ2v) is 8.20. The maximum atomic E-state index is 13.7. The molecule has 2 fully saturated rings. The molecule has 0 unspecified atom stereocenters. The topological polar surface area (TPSA) is 33.7 Å². The summed E-state index contributed by atoms with van der Waals surface area (Å²) in [6, 6.07) is 13.4. The van der Waals surface area contributed by atoms with Crippen molar-refractivity contribution in [1.29, 1.82) is 0 Å². The molecule has 28 heavy (non-hydrogen) atoms. The van der Waals surface area contributed by atoms with Gasteiger partial charge in [-0.25, -0.2) is 4.39 Å². The molecule has 2 heterocycles. The van der Waals surface area contributed by atoms with Crippen molar-refractivity contribution in [2.24, 2.45) is 0 Å². The first-order valence-electron chi connectivity index (χ1n) is 9.76. The maximum Gasteiger partial charge on any atom is 0.142 e. The number of rotatable bonds is 5. The van der Waals surface area contributed by atoms with Gasteiger partial charge in [0.1, 0.15) is 11.6 Å². The zero-order valence-electron chi connectivity index (χ0n) is 16.1. The van der Waals surface area contributed by atoms with Crippen LogP contribution in [0.4, 0.5) is 10.1 Å². The van der Waals surface area contributed by atoms with Gasteiger partial charge in [-0.15, -0.1) is 0 Å². The number of ether oxygens (including phenoxy) is 2. The van der Waals surface area contributed by atoms with Gasteiger partial charge in [-0.2, -0.15) is 0 Å². The van der Waals surface area contributed by atoms with Crippen LogP contribution in [-0.4, -0.2) is 43.3 Å². The fraction of sp³-hybridized carbons (Fsp3) is 0.455. The van der Waals surface area contributed by atoms with Crippen LogP contribution in [0.5, 0.6) is 5.75 Å². The highest BCUT2D eigenvalue weighted by Crippen LogP contribution is 2.37. The molecule has 0 aromatic heterocycles. The van der Waals surface area contributed by atoms with Gasteiger partial charge in [-0.05, 0) is 49.1 Å². The van der Waals surface area contributed by atoms with E-state index in [9.17, 15) is 4.39 Å². The van der Waals surface area contributed by atoms with Crippen molar-refractivity contribution in [3.8, 4) is 5.75 Å². The van der Waals surface area contributed by atoms with Gasteiger partial charge in [0.15, 0.2) is 0 Å². The molecule has 2 aromatic carbocycles. The van der Waals surface area contributed by atoms with Crippen LogP contribution >= 0.6 is 11.6 Å². The van der Waals surface area contributed by atoms with E-state index in [0.29, 0.717) is 6.04 Å². The number of piperidine rings is 1. The summed E-state index contributed by atoms with van der Waals surface area (Å²) < 4.78 is 25.2. The second kappa shape index (κ2) is 8.27. The van der Waals surface area contributed by atoms with Crippen molar-refractivity contribution in [3.63, 3.8) is 0 Å². The van der Waals surface area contributed by atoms with E-state index in [-0.39, 0.29) is 16.4 Å². The molecule has 2 saturated heterocycles. The van der Waals surface area contributed by atoms with Gasteiger partial charge < -0.3 is 14.8 Å². The first-order valence-corrected chi connectivity index (χ1v) is 10.1. The van der Waals surface area contributed by atoms with E-state index in [4.69, 9.17) is 21.1 Å². The fourth-order valence-electron chi connectivity index (χ4n) is 4.25. The second-order valence-electron chi connectivity index (χ2n) is 7.80. The molecule has 4 nitrogen and oxygen atoms in total. The standard InChI is InChI=1S/C22H26ClFN2O2/c1-27-19-4-2-3-17(12-19)25-18-13-22(28-15-18)7-9-26(10-8-22)14-16-5-6-20(23)21(24)11-16/h2-6,11-12,18,25H,7-10,13-15H2,1H3/t18-/m1/s1. The third-order valence-electron chi connectivity index (χ3n) is 5.81. The number of hydrogen-bond donors (Lipinski definition) is 1. The first-order chi connectivity index (χ1) is 13.5. The normalized spacial score (nSPS) is 21.8. The maximum absolute atomic E-state index is 13.7. The summed E-state index contributed by atoms with van der Waals surface area (Å²) in [7, 11) is 1.68. The Morgan fingerprint density at radius 3 is 2.82 bits per heavy atom. The Bertz CT molecular complexity index is 824. The fourth-order valence-corrected chi connectivity index (χ4v) is 4.37. The van der Waals surface area contributed by atoms with Crippen molar-refractivity contribution in [1.82, 2.24) is 4.90 Å². The predicted octanol–water partition coefficient (Wildman–Crippen LogP) is 4.72. The number of nitrogens with zero attached hydrogens (tertiary/aromatic N) is 1. The molecule has 1 spiro atoms. The van der Waals surface area contributed by atoms with Crippen LogP contribution < -0.4 is 10.1 Å². The minimum atomic E-state index is -0.349. The Balaban J connectivity index is 1.30. The molecule has 2 aliphatic rings. The van der Waals surface area contributed by atoms with E-state index < -0.39 is 0 Å². The van der Waals surface area contributed by atoms with Crippen molar-refractivity contribution in [3.05, 3.63) is 58.9 Å². The molecular weight excluding hydrogens is 379 g/mol. The Labute approximate surface area is 170 Å². The van der Waals surface area contributed by atoms with Crippen molar-refractivity contribution in [2.75, 3.05) is 32.1 Å². The van der Waals surface area contributed by atoms with Gasteiger partial charge in [-0.1, -0.05) is 23.7 Å². The molecule has 1 N–H and O–H groups in total. The van der Waals surface area contributed by atoms with E-state index in [1.807, 2.05) is 24.3 Å². The van der Waals surface area contributed by atoms with Crippen LogP contribution in [0.1, 0.15) is 24.8 Å². The molecule has 1 atom stereocenters. The summed E-state index contributed by atoms with van der Waals surface area (Å²) in [5.41, 5.74) is 1.98. The lowest BCUT2D eigenvalue weighted by Crippen LogP contribution is -2.44. The molecular formula is C22H26ClFN2O2. The lowest BCUT2D eigenvalue weighted by atomic mass is 9.87. The number of halogens is 2. The summed E-state index contributed by atoms with van der Waals surface area (Å²) in [6.45, 7) is 3.38. The zero-order chi connectivity index (χ0) is 19.6. The summed E-state index contributed by atoms with van der Waals surface area (Å²) in [4.78, 5) is 2.36. The predicted molar refractivity (Wildman–Crippen MR) is 110 cm³/mol. The van der Waals surface area contributed by atoms with Crippen LogP contribution in [0.25, 0.3) is 0 Å². The molecule has 2 aliphatic heterocycles. The van der Waals surface area contributed by atoms with Crippen molar-refractivity contribution in [2.45, 2.75) is 37.5 Å². The van der Waals surface area contributed by atoms with E-state index >= 15 is 0 Å². The van der Waals surface area contributed by atoms with Gasteiger partial charge in [0, 0.05) is 31.4 Å². The Morgan fingerprint density at radius 1 is 1.25 bits per heavy atom. The number of likely N-dealkylation sites (tertiary alicyclic amines) is 1.